The van der Waals surface area contributed by atoms with Gasteiger partial charge in [0, 0.05) is 18.9 Å². The highest BCUT2D eigenvalue weighted by molar-refractivity contribution is 5.71. The van der Waals surface area contributed by atoms with Gasteiger partial charge in [-0.2, -0.15) is 0 Å². The topological polar surface area (TPSA) is 42.4 Å². The average Bonchev–Trinajstić information content (AvgIpc) is 2.19. The van der Waals surface area contributed by atoms with Crippen LogP contribution in [0.5, 0.6) is 0 Å². The molecule has 0 spiro atoms. The van der Waals surface area contributed by atoms with E-state index in [1.54, 1.807) is 19.3 Å². The van der Waals surface area contributed by atoms with E-state index in [1.807, 2.05) is 24.1 Å². The third-order valence-corrected chi connectivity index (χ3v) is 1.91. The van der Waals surface area contributed by atoms with Gasteiger partial charge in [-0.05, 0) is 31.7 Å². The quantitative estimate of drug-likeness (QED) is 0.679. The Kier molecular flexibility index (Phi) is 4.77. The number of hydrogen-bond acceptors (Lipinski definition) is 4. The van der Waals surface area contributed by atoms with Crippen LogP contribution in [0.3, 0.4) is 0 Å². The van der Waals surface area contributed by atoms with E-state index in [0.717, 1.165) is 12.1 Å². The lowest BCUT2D eigenvalue weighted by molar-refractivity contribution is -0.144. The molecule has 1 aromatic rings. The van der Waals surface area contributed by atoms with Gasteiger partial charge in [0.15, 0.2) is 0 Å². The van der Waals surface area contributed by atoms with Crippen LogP contribution in [0.25, 0.3) is 0 Å². The predicted octanol–water partition coefficient (Wildman–Crippen LogP) is 1.08. The molecule has 1 heterocycles. The largest absolute Gasteiger partial charge is 0.465 e. The van der Waals surface area contributed by atoms with E-state index in [2.05, 4.69) is 4.98 Å². The van der Waals surface area contributed by atoms with Crippen molar-refractivity contribution in [2.75, 3.05) is 20.2 Å². The van der Waals surface area contributed by atoms with E-state index >= 15 is 0 Å². The monoisotopic (exact) mass is 208 g/mol. The van der Waals surface area contributed by atoms with Crippen LogP contribution in [-0.4, -0.2) is 36.1 Å². The Labute approximate surface area is 89.9 Å². The van der Waals surface area contributed by atoms with Crippen LogP contribution in [0.2, 0.25) is 0 Å². The lowest BCUT2D eigenvalue weighted by atomic mass is 10.2. The molecule has 0 saturated carbocycles. The summed E-state index contributed by atoms with van der Waals surface area (Å²) in [6.45, 7) is 3.28. The Morgan fingerprint density at radius 2 is 2.13 bits per heavy atom. The minimum absolute atomic E-state index is 0.186. The van der Waals surface area contributed by atoms with Crippen molar-refractivity contribution in [3.05, 3.63) is 30.1 Å². The normalized spacial score (nSPS) is 10.3. The molecule has 1 aromatic heterocycles. The Bertz CT molecular complexity index is 301. The fourth-order valence-corrected chi connectivity index (χ4v) is 1.28. The number of hydrogen-bond donors (Lipinski definition) is 0. The van der Waals surface area contributed by atoms with Crippen LogP contribution < -0.4 is 0 Å². The molecule has 0 radical (unpaired) electrons. The first-order chi connectivity index (χ1) is 7.22. The number of rotatable bonds is 5. The van der Waals surface area contributed by atoms with Crippen molar-refractivity contribution in [1.29, 1.82) is 0 Å². The molecule has 0 bridgehead atoms. The van der Waals surface area contributed by atoms with E-state index in [9.17, 15) is 4.79 Å². The van der Waals surface area contributed by atoms with E-state index < -0.39 is 0 Å². The van der Waals surface area contributed by atoms with Crippen molar-refractivity contribution in [2.45, 2.75) is 13.5 Å². The van der Waals surface area contributed by atoms with Crippen LogP contribution in [0, 0.1) is 0 Å². The Morgan fingerprint density at radius 3 is 2.73 bits per heavy atom. The van der Waals surface area contributed by atoms with Crippen molar-refractivity contribution in [3.63, 3.8) is 0 Å². The Balaban J connectivity index is 2.36. The van der Waals surface area contributed by atoms with E-state index in [-0.39, 0.29) is 5.97 Å². The molecule has 0 fully saturated rings. The summed E-state index contributed by atoms with van der Waals surface area (Å²) >= 11 is 0. The zero-order chi connectivity index (χ0) is 11.1. The minimum atomic E-state index is -0.186. The second-order valence-electron chi connectivity index (χ2n) is 3.33. The average molecular weight is 208 g/mol. The maximum atomic E-state index is 11.2. The number of esters is 1. The van der Waals surface area contributed by atoms with Crippen LogP contribution in [0.15, 0.2) is 24.5 Å². The van der Waals surface area contributed by atoms with Gasteiger partial charge < -0.3 is 4.74 Å². The summed E-state index contributed by atoms with van der Waals surface area (Å²) in [5.41, 5.74) is 1.14. The maximum absolute atomic E-state index is 11.2. The highest BCUT2D eigenvalue weighted by atomic mass is 16.5. The summed E-state index contributed by atoms with van der Waals surface area (Å²) in [4.78, 5) is 17.0. The molecule has 0 atom stereocenters. The predicted molar refractivity (Wildman–Crippen MR) is 57.2 cm³/mol. The fourth-order valence-electron chi connectivity index (χ4n) is 1.28. The van der Waals surface area contributed by atoms with Crippen molar-refractivity contribution >= 4 is 5.97 Å². The summed E-state index contributed by atoms with van der Waals surface area (Å²) in [5.74, 6) is -0.186. The first-order valence-corrected chi connectivity index (χ1v) is 4.95. The summed E-state index contributed by atoms with van der Waals surface area (Å²) in [7, 11) is 1.89. The number of carbonyl (C=O) groups is 1. The molecule has 0 saturated heterocycles. The first kappa shape index (κ1) is 11.7. The Hall–Kier alpha value is -1.42. The van der Waals surface area contributed by atoms with Crippen LogP contribution in [-0.2, 0) is 16.1 Å². The number of carbonyl (C=O) groups excluding carboxylic acids is 1. The van der Waals surface area contributed by atoms with Gasteiger partial charge >= 0.3 is 5.97 Å². The molecular formula is C11H16N2O2. The molecule has 0 unspecified atom stereocenters. The molecule has 4 heteroatoms. The number of pyridine rings is 1. The molecule has 0 aromatic carbocycles. The highest BCUT2D eigenvalue weighted by Gasteiger charge is 2.06. The molecule has 82 valence electrons. The lowest BCUT2D eigenvalue weighted by Gasteiger charge is -2.15. The lowest BCUT2D eigenvalue weighted by Crippen LogP contribution is -2.26. The van der Waals surface area contributed by atoms with Gasteiger partial charge in [0.1, 0.15) is 0 Å². The maximum Gasteiger partial charge on any atom is 0.320 e. The molecule has 15 heavy (non-hydrogen) atoms. The first-order valence-electron chi connectivity index (χ1n) is 4.95. The number of aromatic nitrogens is 1. The minimum Gasteiger partial charge on any atom is -0.465 e. The summed E-state index contributed by atoms with van der Waals surface area (Å²) < 4.78 is 4.86. The van der Waals surface area contributed by atoms with Gasteiger partial charge in [-0.25, -0.2) is 0 Å². The molecule has 0 aliphatic rings. The van der Waals surface area contributed by atoms with Crippen LogP contribution >= 0.6 is 0 Å². The van der Waals surface area contributed by atoms with Crippen molar-refractivity contribution in [3.8, 4) is 0 Å². The molecule has 0 aliphatic carbocycles. The van der Waals surface area contributed by atoms with Crippen LogP contribution in [0.1, 0.15) is 12.5 Å². The molecule has 1 rings (SSSR count). The molecule has 4 nitrogen and oxygen atoms in total. The fraction of sp³-hybridized carbons (Fsp3) is 0.455. The van der Waals surface area contributed by atoms with E-state index in [4.69, 9.17) is 4.74 Å². The van der Waals surface area contributed by atoms with E-state index in [1.165, 1.54) is 0 Å². The van der Waals surface area contributed by atoms with Gasteiger partial charge in [-0.3, -0.25) is 14.7 Å². The second-order valence-corrected chi connectivity index (χ2v) is 3.33. The smallest absolute Gasteiger partial charge is 0.320 e. The van der Waals surface area contributed by atoms with Crippen molar-refractivity contribution < 1.29 is 9.53 Å². The van der Waals surface area contributed by atoms with Crippen molar-refractivity contribution in [2.24, 2.45) is 0 Å². The number of likely N-dealkylation sites (N-methyl/N-ethyl adjacent to an activating group) is 1. The van der Waals surface area contributed by atoms with Gasteiger partial charge in [-0.1, -0.05) is 0 Å². The summed E-state index contributed by atoms with van der Waals surface area (Å²) in [6.07, 6.45) is 3.49. The number of nitrogens with zero attached hydrogens (tertiary/aromatic N) is 2. The second kappa shape index (κ2) is 6.14. The molecular weight excluding hydrogens is 192 g/mol. The molecule has 0 amide bonds. The zero-order valence-corrected chi connectivity index (χ0v) is 9.14. The van der Waals surface area contributed by atoms with Gasteiger partial charge in [0.05, 0.1) is 13.2 Å². The van der Waals surface area contributed by atoms with Gasteiger partial charge in [0.2, 0.25) is 0 Å². The third-order valence-electron chi connectivity index (χ3n) is 1.91. The highest BCUT2D eigenvalue weighted by Crippen LogP contribution is 2.00. The summed E-state index contributed by atoms with van der Waals surface area (Å²) in [6, 6.07) is 3.86. The third kappa shape index (κ3) is 4.56. The Morgan fingerprint density at radius 1 is 1.47 bits per heavy atom. The summed E-state index contributed by atoms with van der Waals surface area (Å²) in [5, 5.41) is 0. The van der Waals surface area contributed by atoms with Crippen molar-refractivity contribution in [1.82, 2.24) is 9.88 Å². The van der Waals surface area contributed by atoms with Gasteiger partial charge in [0.25, 0.3) is 0 Å². The van der Waals surface area contributed by atoms with E-state index in [0.29, 0.717) is 13.2 Å². The SMILES string of the molecule is CCOC(=O)CN(C)Cc1ccncc1. The molecule has 0 N–H and O–H groups in total. The van der Waals surface area contributed by atoms with Crippen LogP contribution in [0.4, 0.5) is 0 Å². The number of ether oxygens (including phenoxy) is 1. The van der Waals surface area contributed by atoms with Gasteiger partial charge in [-0.15, -0.1) is 0 Å². The standard InChI is InChI=1S/C11H16N2O2/c1-3-15-11(14)9-13(2)8-10-4-6-12-7-5-10/h4-7H,3,8-9H2,1-2H3. The zero-order valence-electron chi connectivity index (χ0n) is 9.14. The molecule has 0 aliphatic heterocycles.